The van der Waals surface area contributed by atoms with Crippen LogP contribution in [0.25, 0.3) is 0 Å². The van der Waals surface area contributed by atoms with E-state index in [1.165, 1.54) is 22.9 Å². The van der Waals surface area contributed by atoms with Crippen molar-refractivity contribution < 1.29 is 13.2 Å². The van der Waals surface area contributed by atoms with E-state index in [-0.39, 0.29) is 11.8 Å². The third-order valence-electron chi connectivity index (χ3n) is 3.80. The zero-order valence-electron chi connectivity index (χ0n) is 12.9. The summed E-state index contributed by atoms with van der Waals surface area (Å²) in [6.07, 6.45) is 3.89. The second kappa shape index (κ2) is 7.38. The van der Waals surface area contributed by atoms with Crippen molar-refractivity contribution in [2.24, 2.45) is 0 Å². The molecule has 4 nitrogen and oxygen atoms in total. The van der Waals surface area contributed by atoms with Crippen molar-refractivity contribution in [3.8, 4) is 0 Å². The minimum atomic E-state index is -2.88. The molecule has 118 valence electrons. The fourth-order valence-electron chi connectivity index (χ4n) is 2.66. The molecule has 1 N–H and O–H groups in total. The summed E-state index contributed by atoms with van der Waals surface area (Å²) in [6.45, 7) is 4.47. The topological polar surface area (TPSA) is 55.4 Å². The molecule has 1 aliphatic rings. The highest BCUT2D eigenvalue weighted by Crippen LogP contribution is 2.26. The van der Waals surface area contributed by atoms with Gasteiger partial charge in [-0.2, -0.15) is 0 Å². The second-order valence-corrected chi connectivity index (χ2v) is 8.06. The number of hydrogen-bond donors (Lipinski definition) is 1. The first-order chi connectivity index (χ1) is 9.99. The SMILES string of the molecule is CCCNC(CCCS(C)(=O)=O)c1ccc2c(c1)COC2. The first-order valence-corrected chi connectivity index (χ1v) is 9.66. The smallest absolute Gasteiger partial charge is 0.147 e. The van der Waals surface area contributed by atoms with Gasteiger partial charge in [-0.25, -0.2) is 8.42 Å². The van der Waals surface area contributed by atoms with E-state index in [0.717, 1.165) is 19.4 Å². The van der Waals surface area contributed by atoms with Gasteiger partial charge in [-0.15, -0.1) is 0 Å². The van der Waals surface area contributed by atoms with Gasteiger partial charge in [-0.1, -0.05) is 25.1 Å². The maximum atomic E-state index is 11.3. The zero-order valence-corrected chi connectivity index (χ0v) is 13.7. The van der Waals surface area contributed by atoms with Crippen LogP contribution >= 0.6 is 0 Å². The maximum Gasteiger partial charge on any atom is 0.147 e. The number of rotatable bonds is 8. The summed E-state index contributed by atoms with van der Waals surface area (Å²) in [5.74, 6) is 0.255. The van der Waals surface area contributed by atoms with Crippen molar-refractivity contribution >= 4 is 9.84 Å². The van der Waals surface area contributed by atoms with Crippen LogP contribution in [0.4, 0.5) is 0 Å². The Morgan fingerprint density at radius 2 is 2.05 bits per heavy atom. The van der Waals surface area contributed by atoms with Crippen LogP contribution in [0.2, 0.25) is 0 Å². The van der Waals surface area contributed by atoms with Crippen LogP contribution in [0.1, 0.15) is 48.9 Å². The second-order valence-electron chi connectivity index (χ2n) is 5.80. The highest BCUT2D eigenvalue weighted by molar-refractivity contribution is 7.90. The van der Waals surface area contributed by atoms with E-state index in [1.54, 1.807) is 0 Å². The Labute approximate surface area is 127 Å². The molecule has 1 aliphatic heterocycles. The molecular weight excluding hydrogens is 286 g/mol. The Morgan fingerprint density at radius 3 is 2.76 bits per heavy atom. The lowest BCUT2D eigenvalue weighted by Gasteiger charge is -2.19. The van der Waals surface area contributed by atoms with Gasteiger partial charge in [0.25, 0.3) is 0 Å². The summed E-state index contributed by atoms with van der Waals surface area (Å²) in [7, 11) is -2.88. The Hall–Kier alpha value is -0.910. The molecule has 0 bridgehead atoms. The van der Waals surface area contributed by atoms with E-state index < -0.39 is 9.84 Å². The van der Waals surface area contributed by atoms with E-state index in [1.807, 2.05) is 0 Å². The monoisotopic (exact) mass is 311 g/mol. The molecule has 0 radical (unpaired) electrons. The van der Waals surface area contributed by atoms with Crippen LogP contribution < -0.4 is 5.32 Å². The Balaban J connectivity index is 2.04. The highest BCUT2D eigenvalue weighted by atomic mass is 32.2. The quantitative estimate of drug-likeness (QED) is 0.802. The maximum absolute atomic E-state index is 11.3. The minimum Gasteiger partial charge on any atom is -0.372 e. The predicted molar refractivity (Wildman–Crippen MR) is 84.9 cm³/mol. The molecule has 0 aromatic heterocycles. The van der Waals surface area contributed by atoms with E-state index in [9.17, 15) is 8.42 Å². The van der Waals surface area contributed by atoms with Gasteiger partial charge in [0.15, 0.2) is 0 Å². The van der Waals surface area contributed by atoms with Crippen molar-refractivity contribution in [3.05, 3.63) is 34.9 Å². The predicted octanol–water partition coefficient (Wildman–Crippen LogP) is 2.58. The van der Waals surface area contributed by atoms with Crippen molar-refractivity contribution in [1.82, 2.24) is 5.32 Å². The lowest BCUT2D eigenvalue weighted by atomic mass is 9.98. The minimum absolute atomic E-state index is 0.220. The highest BCUT2D eigenvalue weighted by Gasteiger charge is 2.16. The zero-order chi connectivity index (χ0) is 15.3. The van der Waals surface area contributed by atoms with Crippen LogP contribution in [0, 0.1) is 0 Å². The number of fused-ring (bicyclic) bond motifs is 1. The van der Waals surface area contributed by atoms with E-state index in [4.69, 9.17) is 4.74 Å². The summed E-state index contributed by atoms with van der Waals surface area (Å²) in [5.41, 5.74) is 3.77. The average Bonchev–Trinajstić information content (AvgIpc) is 2.88. The van der Waals surface area contributed by atoms with Crippen molar-refractivity contribution in [2.75, 3.05) is 18.6 Å². The normalized spacial score (nSPS) is 15.9. The van der Waals surface area contributed by atoms with Crippen LogP contribution in [0.15, 0.2) is 18.2 Å². The number of ether oxygens (including phenoxy) is 1. The van der Waals surface area contributed by atoms with Gasteiger partial charge >= 0.3 is 0 Å². The molecule has 0 aliphatic carbocycles. The fourth-order valence-corrected chi connectivity index (χ4v) is 3.35. The fraction of sp³-hybridized carbons (Fsp3) is 0.625. The summed E-state index contributed by atoms with van der Waals surface area (Å²) in [6, 6.07) is 6.70. The molecule has 0 saturated carbocycles. The summed E-state index contributed by atoms with van der Waals surface area (Å²) < 4.78 is 28.0. The first kappa shape index (κ1) is 16.5. The Morgan fingerprint density at radius 1 is 1.29 bits per heavy atom. The van der Waals surface area contributed by atoms with Crippen LogP contribution in [-0.4, -0.2) is 27.0 Å². The molecule has 0 spiro atoms. The average molecular weight is 311 g/mol. The molecule has 2 rings (SSSR count). The molecule has 1 unspecified atom stereocenters. The molecule has 0 amide bonds. The molecule has 1 aromatic rings. The van der Waals surface area contributed by atoms with Gasteiger partial charge in [-0.05, 0) is 42.5 Å². The summed E-state index contributed by atoms with van der Waals surface area (Å²) in [4.78, 5) is 0. The number of benzene rings is 1. The van der Waals surface area contributed by atoms with Crippen molar-refractivity contribution in [3.63, 3.8) is 0 Å². The van der Waals surface area contributed by atoms with E-state index in [2.05, 4.69) is 30.4 Å². The third kappa shape index (κ3) is 5.09. The van der Waals surface area contributed by atoms with Crippen LogP contribution in [0.5, 0.6) is 0 Å². The standard InChI is InChI=1S/C16H25NO3S/c1-3-8-17-16(5-4-9-21(2,18)19)13-6-7-14-11-20-12-15(14)10-13/h6-7,10,16-17H,3-5,8-9,11-12H2,1-2H3. The summed E-state index contributed by atoms with van der Waals surface area (Å²) >= 11 is 0. The molecule has 1 aromatic carbocycles. The van der Waals surface area contributed by atoms with Gasteiger partial charge in [0.1, 0.15) is 9.84 Å². The molecule has 5 heteroatoms. The lowest BCUT2D eigenvalue weighted by molar-refractivity contribution is 0.134. The molecule has 0 fully saturated rings. The van der Waals surface area contributed by atoms with Crippen LogP contribution in [-0.2, 0) is 27.8 Å². The first-order valence-electron chi connectivity index (χ1n) is 7.60. The molecule has 1 atom stereocenters. The lowest BCUT2D eigenvalue weighted by Crippen LogP contribution is -2.23. The van der Waals surface area contributed by atoms with Gasteiger partial charge in [0.2, 0.25) is 0 Å². The molecule has 21 heavy (non-hydrogen) atoms. The number of hydrogen-bond acceptors (Lipinski definition) is 4. The van der Waals surface area contributed by atoms with Gasteiger partial charge in [0.05, 0.1) is 13.2 Å². The molecule has 0 saturated heterocycles. The van der Waals surface area contributed by atoms with Gasteiger partial charge in [-0.3, -0.25) is 0 Å². The largest absolute Gasteiger partial charge is 0.372 e. The molecular formula is C16H25NO3S. The number of sulfone groups is 1. The van der Waals surface area contributed by atoms with Gasteiger partial charge < -0.3 is 10.1 Å². The van der Waals surface area contributed by atoms with Crippen LogP contribution in [0.3, 0.4) is 0 Å². The van der Waals surface area contributed by atoms with E-state index >= 15 is 0 Å². The Bertz CT molecular complexity index is 569. The Kier molecular flexibility index (Phi) is 5.79. The van der Waals surface area contributed by atoms with Gasteiger partial charge in [0, 0.05) is 18.1 Å². The third-order valence-corrected chi connectivity index (χ3v) is 4.83. The summed E-state index contributed by atoms with van der Waals surface area (Å²) in [5, 5.41) is 3.53. The van der Waals surface area contributed by atoms with Crippen molar-refractivity contribution in [1.29, 1.82) is 0 Å². The number of nitrogens with one attached hydrogen (secondary N) is 1. The van der Waals surface area contributed by atoms with Crippen molar-refractivity contribution in [2.45, 2.75) is 45.4 Å². The molecule has 1 heterocycles. The van der Waals surface area contributed by atoms with E-state index in [0.29, 0.717) is 19.6 Å².